The minimum Gasteiger partial charge on any atom is -0.330 e. The van der Waals surface area contributed by atoms with Crippen molar-refractivity contribution in [3.8, 4) is 0 Å². The molecule has 0 amide bonds. The lowest BCUT2D eigenvalue weighted by atomic mass is 9.89. The van der Waals surface area contributed by atoms with Gasteiger partial charge in [0.05, 0.1) is 0 Å². The highest BCUT2D eigenvalue weighted by Crippen LogP contribution is 2.19. The van der Waals surface area contributed by atoms with Crippen LogP contribution >= 0.6 is 11.6 Å². The molecule has 0 aliphatic heterocycles. The van der Waals surface area contributed by atoms with Crippen LogP contribution in [0.25, 0.3) is 0 Å². The second-order valence-corrected chi connectivity index (χ2v) is 5.92. The van der Waals surface area contributed by atoms with E-state index in [1.165, 1.54) is 5.56 Å². The molecule has 96 valence electrons. The first-order chi connectivity index (χ1) is 7.93. The molecule has 0 aliphatic rings. The predicted molar refractivity (Wildman–Crippen MR) is 75.2 cm³/mol. The van der Waals surface area contributed by atoms with Crippen molar-refractivity contribution in [1.82, 2.24) is 4.90 Å². The molecule has 3 heteroatoms. The van der Waals surface area contributed by atoms with Gasteiger partial charge in [-0.05, 0) is 49.7 Å². The van der Waals surface area contributed by atoms with Gasteiger partial charge in [-0.1, -0.05) is 37.6 Å². The number of benzene rings is 1. The Balaban J connectivity index is 2.42. The molecule has 0 radical (unpaired) electrons. The van der Waals surface area contributed by atoms with Gasteiger partial charge in [-0.25, -0.2) is 0 Å². The third-order valence-electron chi connectivity index (χ3n) is 3.06. The van der Waals surface area contributed by atoms with E-state index in [-0.39, 0.29) is 5.41 Å². The van der Waals surface area contributed by atoms with Crippen LogP contribution in [-0.4, -0.2) is 25.0 Å². The smallest absolute Gasteiger partial charge is 0.0409 e. The van der Waals surface area contributed by atoms with Crippen molar-refractivity contribution in [3.63, 3.8) is 0 Å². The zero-order valence-corrected chi connectivity index (χ0v) is 11.8. The highest BCUT2D eigenvalue weighted by atomic mass is 35.5. The summed E-state index contributed by atoms with van der Waals surface area (Å²) < 4.78 is 0. The van der Waals surface area contributed by atoms with E-state index in [2.05, 4.69) is 31.9 Å². The van der Waals surface area contributed by atoms with Gasteiger partial charge >= 0.3 is 0 Å². The van der Waals surface area contributed by atoms with Crippen molar-refractivity contribution in [3.05, 3.63) is 34.9 Å². The van der Waals surface area contributed by atoms with Crippen LogP contribution in [0.3, 0.4) is 0 Å². The Labute approximate surface area is 110 Å². The lowest BCUT2D eigenvalue weighted by Gasteiger charge is -2.26. The topological polar surface area (TPSA) is 29.3 Å². The maximum absolute atomic E-state index is 5.97. The Bertz CT molecular complexity index is 350. The van der Waals surface area contributed by atoms with E-state index in [1.807, 2.05) is 18.2 Å². The quantitative estimate of drug-likeness (QED) is 0.845. The average molecular weight is 255 g/mol. The lowest BCUT2D eigenvalue weighted by molar-refractivity contribution is 0.249. The summed E-state index contributed by atoms with van der Waals surface area (Å²) in [6.45, 7) is 7.14. The Hall–Kier alpha value is -0.570. The molecule has 1 aromatic carbocycles. The van der Waals surface area contributed by atoms with E-state index in [0.29, 0.717) is 0 Å². The molecular formula is C14H23ClN2. The molecule has 0 heterocycles. The van der Waals surface area contributed by atoms with Gasteiger partial charge in [0.2, 0.25) is 0 Å². The molecule has 0 atom stereocenters. The van der Waals surface area contributed by atoms with Crippen LogP contribution in [0.2, 0.25) is 5.02 Å². The summed E-state index contributed by atoms with van der Waals surface area (Å²) in [4.78, 5) is 2.31. The monoisotopic (exact) mass is 254 g/mol. The normalized spacial score (nSPS) is 12.1. The molecule has 0 saturated carbocycles. The summed E-state index contributed by atoms with van der Waals surface area (Å²) in [5, 5.41) is 0.804. The molecule has 17 heavy (non-hydrogen) atoms. The number of halogens is 1. The summed E-state index contributed by atoms with van der Waals surface area (Å²) in [6, 6.07) is 8.03. The molecule has 0 bridgehead atoms. The Morgan fingerprint density at radius 2 is 2.06 bits per heavy atom. The van der Waals surface area contributed by atoms with Crippen LogP contribution in [0.5, 0.6) is 0 Å². The van der Waals surface area contributed by atoms with Crippen molar-refractivity contribution in [1.29, 1.82) is 0 Å². The highest BCUT2D eigenvalue weighted by Gasteiger charge is 2.15. The lowest BCUT2D eigenvalue weighted by Crippen LogP contribution is -2.29. The zero-order valence-electron chi connectivity index (χ0n) is 11.0. The Kier molecular flexibility index (Phi) is 5.44. The van der Waals surface area contributed by atoms with E-state index in [1.54, 1.807) is 0 Å². The number of hydrogen-bond donors (Lipinski definition) is 1. The number of hydrogen-bond acceptors (Lipinski definition) is 2. The number of nitrogens with two attached hydrogens (primary N) is 1. The van der Waals surface area contributed by atoms with Gasteiger partial charge in [0.25, 0.3) is 0 Å². The van der Waals surface area contributed by atoms with E-state index in [9.17, 15) is 0 Å². The van der Waals surface area contributed by atoms with Crippen LogP contribution in [-0.2, 0) is 6.54 Å². The van der Waals surface area contributed by atoms with Crippen molar-refractivity contribution in [2.75, 3.05) is 20.1 Å². The van der Waals surface area contributed by atoms with Gasteiger partial charge in [-0.3, -0.25) is 0 Å². The van der Waals surface area contributed by atoms with Crippen LogP contribution < -0.4 is 5.73 Å². The van der Waals surface area contributed by atoms with Crippen LogP contribution in [0.1, 0.15) is 25.8 Å². The van der Waals surface area contributed by atoms with Crippen LogP contribution in [0.15, 0.2) is 24.3 Å². The molecule has 2 nitrogen and oxygen atoms in total. The minimum atomic E-state index is 0.225. The molecule has 0 aliphatic carbocycles. The van der Waals surface area contributed by atoms with E-state index in [4.69, 9.17) is 17.3 Å². The molecule has 0 saturated heterocycles. The molecular weight excluding hydrogens is 232 g/mol. The summed E-state index contributed by atoms with van der Waals surface area (Å²) in [7, 11) is 2.13. The van der Waals surface area contributed by atoms with E-state index < -0.39 is 0 Å². The second kappa shape index (κ2) is 6.39. The fourth-order valence-corrected chi connectivity index (χ4v) is 1.83. The first kappa shape index (κ1) is 14.5. The standard InChI is InChI=1S/C14H23ClN2/c1-14(2,11-16)7-8-17(3)10-12-5-4-6-13(15)9-12/h4-6,9H,7-8,10-11,16H2,1-3H3. The third-order valence-corrected chi connectivity index (χ3v) is 3.30. The van der Waals surface area contributed by atoms with Gasteiger partial charge in [0, 0.05) is 11.6 Å². The molecule has 0 spiro atoms. The van der Waals surface area contributed by atoms with Crippen molar-refractivity contribution < 1.29 is 0 Å². The maximum atomic E-state index is 5.97. The van der Waals surface area contributed by atoms with Crippen molar-refractivity contribution >= 4 is 11.6 Å². The molecule has 1 rings (SSSR count). The second-order valence-electron chi connectivity index (χ2n) is 5.49. The van der Waals surface area contributed by atoms with Crippen LogP contribution in [0.4, 0.5) is 0 Å². The SMILES string of the molecule is CN(CCC(C)(C)CN)Cc1cccc(Cl)c1. The summed E-state index contributed by atoms with van der Waals surface area (Å²) >= 11 is 5.97. The first-order valence-corrected chi connectivity index (χ1v) is 6.44. The zero-order chi connectivity index (χ0) is 12.9. The molecule has 1 aromatic rings. The summed E-state index contributed by atoms with van der Waals surface area (Å²) in [5.74, 6) is 0. The number of nitrogens with zero attached hydrogens (tertiary/aromatic N) is 1. The minimum absolute atomic E-state index is 0.225. The van der Waals surface area contributed by atoms with Gasteiger partial charge in [0.1, 0.15) is 0 Å². The molecule has 0 unspecified atom stereocenters. The average Bonchev–Trinajstić information content (AvgIpc) is 2.27. The van der Waals surface area contributed by atoms with Gasteiger partial charge < -0.3 is 10.6 Å². The number of rotatable bonds is 6. The van der Waals surface area contributed by atoms with Gasteiger partial charge in [-0.15, -0.1) is 0 Å². The summed E-state index contributed by atoms with van der Waals surface area (Å²) in [6.07, 6.45) is 1.11. The van der Waals surface area contributed by atoms with E-state index in [0.717, 1.165) is 31.1 Å². The van der Waals surface area contributed by atoms with Crippen LogP contribution in [0, 0.1) is 5.41 Å². The molecule has 0 aromatic heterocycles. The van der Waals surface area contributed by atoms with Crippen molar-refractivity contribution in [2.24, 2.45) is 11.1 Å². The maximum Gasteiger partial charge on any atom is 0.0409 e. The fourth-order valence-electron chi connectivity index (χ4n) is 1.62. The molecule has 2 N–H and O–H groups in total. The van der Waals surface area contributed by atoms with Crippen molar-refractivity contribution in [2.45, 2.75) is 26.8 Å². The predicted octanol–water partition coefficient (Wildman–Crippen LogP) is 3.15. The first-order valence-electron chi connectivity index (χ1n) is 6.06. The third kappa shape index (κ3) is 5.53. The van der Waals surface area contributed by atoms with Gasteiger partial charge in [-0.2, -0.15) is 0 Å². The highest BCUT2D eigenvalue weighted by molar-refractivity contribution is 6.30. The Morgan fingerprint density at radius 1 is 1.35 bits per heavy atom. The Morgan fingerprint density at radius 3 is 2.65 bits per heavy atom. The van der Waals surface area contributed by atoms with E-state index >= 15 is 0 Å². The molecule has 0 fully saturated rings. The summed E-state index contributed by atoms with van der Waals surface area (Å²) in [5.41, 5.74) is 7.21. The van der Waals surface area contributed by atoms with Gasteiger partial charge in [0.15, 0.2) is 0 Å². The fraction of sp³-hybridized carbons (Fsp3) is 0.571. The largest absolute Gasteiger partial charge is 0.330 e.